The lowest BCUT2D eigenvalue weighted by atomic mass is 10.2. The minimum atomic E-state index is -0.971. The fourth-order valence-electron chi connectivity index (χ4n) is 1.21. The van der Waals surface area contributed by atoms with E-state index in [9.17, 15) is 9.18 Å². The lowest BCUT2D eigenvalue weighted by Crippen LogP contribution is -2.03. The van der Waals surface area contributed by atoms with E-state index in [0.717, 1.165) is 6.07 Å². The highest BCUT2D eigenvalue weighted by molar-refractivity contribution is 6.32. The Labute approximate surface area is 103 Å². The second-order valence-electron chi connectivity index (χ2n) is 3.27. The average molecular weight is 259 g/mol. The zero-order chi connectivity index (χ0) is 12.8. The predicted molar refractivity (Wildman–Crippen MR) is 62.9 cm³/mol. The Balaban J connectivity index is 2.65. The molecule has 0 aliphatic rings. The Morgan fingerprint density at radius 3 is 2.82 bits per heavy atom. The number of carboxylic acids is 1. The van der Waals surface area contributed by atoms with Crippen LogP contribution in [0.2, 0.25) is 5.02 Å². The number of halogens is 2. The average Bonchev–Trinajstić information content (AvgIpc) is 2.26. The van der Waals surface area contributed by atoms with E-state index in [1.807, 2.05) is 0 Å². The molecule has 92 valence electrons. The molecule has 0 saturated carbocycles. The molecule has 0 spiro atoms. The first-order chi connectivity index (χ1) is 8.04. The summed E-state index contributed by atoms with van der Waals surface area (Å²) in [7, 11) is 0. The van der Waals surface area contributed by atoms with Crippen molar-refractivity contribution in [2.75, 3.05) is 6.61 Å². The number of carboxylic acid groups (broad SMARTS) is 1. The molecular weight excluding hydrogens is 247 g/mol. The van der Waals surface area contributed by atoms with E-state index >= 15 is 0 Å². The SMILES string of the molecule is CCC(=CCOc1ccc(F)cc1Cl)C(=O)O. The van der Waals surface area contributed by atoms with Gasteiger partial charge in [-0.2, -0.15) is 0 Å². The van der Waals surface area contributed by atoms with Crippen LogP contribution >= 0.6 is 11.6 Å². The van der Waals surface area contributed by atoms with Crippen LogP contribution in [0.25, 0.3) is 0 Å². The highest BCUT2D eigenvalue weighted by Gasteiger charge is 2.05. The van der Waals surface area contributed by atoms with Crippen LogP contribution in [-0.4, -0.2) is 17.7 Å². The second-order valence-corrected chi connectivity index (χ2v) is 3.68. The van der Waals surface area contributed by atoms with E-state index in [2.05, 4.69) is 0 Å². The van der Waals surface area contributed by atoms with Crippen molar-refractivity contribution >= 4 is 17.6 Å². The zero-order valence-electron chi connectivity index (χ0n) is 9.24. The third kappa shape index (κ3) is 4.07. The quantitative estimate of drug-likeness (QED) is 0.825. The maximum atomic E-state index is 12.7. The van der Waals surface area contributed by atoms with Crippen molar-refractivity contribution in [3.63, 3.8) is 0 Å². The van der Waals surface area contributed by atoms with Crippen molar-refractivity contribution in [1.29, 1.82) is 0 Å². The summed E-state index contributed by atoms with van der Waals surface area (Å²) in [6.07, 6.45) is 1.87. The maximum Gasteiger partial charge on any atom is 0.331 e. The summed E-state index contributed by atoms with van der Waals surface area (Å²) in [4.78, 5) is 10.7. The Kier molecular flexibility index (Phi) is 4.97. The second kappa shape index (κ2) is 6.25. The molecule has 3 nitrogen and oxygen atoms in total. The molecule has 1 aromatic rings. The molecule has 0 heterocycles. The van der Waals surface area contributed by atoms with Gasteiger partial charge in [-0.3, -0.25) is 0 Å². The summed E-state index contributed by atoms with van der Waals surface area (Å²) in [5.74, 6) is -1.09. The van der Waals surface area contributed by atoms with Gasteiger partial charge in [0.15, 0.2) is 0 Å². The van der Waals surface area contributed by atoms with Crippen molar-refractivity contribution in [2.45, 2.75) is 13.3 Å². The summed E-state index contributed by atoms with van der Waals surface area (Å²) >= 11 is 5.74. The molecule has 17 heavy (non-hydrogen) atoms. The van der Waals surface area contributed by atoms with E-state index in [-0.39, 0.29) is 17.2 Å². The Bertz CT molecular complexity index is 443. The van der Waals surface area contributed by atoms with Crippen LogP contribution in [0.4, 0.5) is 4.39 Å². The highest BCUT2D eigenvalue weighted by atomic mass is 35.5. The first-order valence-electron chi connectivity index (χ1n) is 5.04. The van der Waals surface area contributed by atoms with Gasteiger partial charge in [-0.1, -0.05) is 18.5 Å². The van der Waals surface area contributed by atoms with Gasteiger partial charge >= 0.3 is 5.97 Å². The Morgan fingerprint density at radius 2 is 2.29 bits per heavy atom. The third-order valence-electron chi connectivity index (χ3n) is 2.12. The standard InChI is InChI=1S/C12H12ClFO3/c1-2-8(12(15)16)5-6-17-11-4-3-9(14)7-10(11)13/h3-5,7H,2,6H2,1H3,(H,15,16). The van der Waals surface area contributed by atoms with Crippen LogP contribution in [0.5, 0.6) is 5.75 Å². The molecule has 0 unspecified atom stereocenters. The molecule has 5 heteroatoms. The monoisotopic (exact) mass is 258 g/mol. The van der Waals surface area contributed by atoms with Crippen molar-refractivity contribution in [1.82, 2.24) is 0 Å². The van der Waals surface area contributed by atoms with Gasteiger partial charge in [-0.25, -0.2) is 9.18 Å². The lowest BCUT2D eigenvalue weighted by molar-refractivity contribution is -0.132. The van der Waals surface area contributed by atoms with Gasteiger partial charge in [0.05, 0.1) is 5.02 Å². The lowest BCUT2D eigenvalue weighted by Gasteiger charge is -2.06. The first-order valence-corrected chi connectivity index (χ1v) is 5.42. The molecule has 1 aromatic carbocycles. The Hall–Kier alpha value is -1.55. The van der Waals surface area contributed by atoms with Crippen LogP contribution in [0.1, 0.15) is 13.3 Å². The number of hydrogen-bond acceptors (Lipinski definition) is 2. The van der Waals surface area contributed by atoms with Crippen LogP contribution in [0, 0.1) is 5.82 Å². The van der Waals surface area contributed by atoms with Crippen molar-refractivity contribution in [3.05, 3.63) is 40.7 Å². The molecule has 0 atom stereocenters. The number of carbonyl (C=O) groups is 1. The van der Waals surface area contributed by atoms with E-state index in [1.54, 1.807) is 6.92 Å². The van der Waals surface area contributed by atoms with Gasteiger partial charge in [-0.15, -0.1) is 0 Å². The molecule has 0 aromatic heterocycles. The van der Waals surface area contributed by atoms with Gasteiger partial charge in [0.2, 0.25) is 0 Å². The van der Waals surface area contributed by atoms with E-state index in [0.29, 0.717) is 12.2 Å². The summed E-state index contributed by atoms with van der Waals surface area (Å²) in [6, 6.07) is 3.76. The molecule has 0 aliphatic heterocycles. The fourth-order valence-corrected chi connectivity index (χ4v) is 1.43. The van der Waals surface area contributed by atoms with Crippen molar-refractivity contribution in [3.8, 4) is 5.75 Å². The normalized spacial score (nSPS) is 11.4. The molecule has 0 bridgehead atoms. The summed E-state index contributed by atoms with van der Waals surface area (Å²) in [5.41, 5.74) is 0.267. The highest BCUT2D eigenvalue weighted by Crippen LogP contribution is 2.24. The third-order valence-corrected chi connectivity index (χ3v) is 2.41. The molecule has 1 rings (SSSR count). The fraction of sp³-hybridized carbons (Fsp3) is 0.250. The van der Waals surface area contributed by atoms with Crippen molar-refractivity contribution < 1.29 is 19.0 Å². The minimum absolute atomic E-state index is 0.0842. The number of rotatable bonds is 5. The number of aliphatic carboxylic acids is 1. The molecule has 0 amide bonds. The van der Waals surface area contributed by atoms with Crippen LogP contribution in [0.3, 0.4) is 0 Å². The zero-order valence-corrected chi connectivity index (χ0v) is 10.00. The van der Waals surface area contributed by atoms with Crippen LogP contribution in [0.15, 0.2) is 29.8 Å². The number of hydrogen-bond donors (Lipinski definition) is 1. The van der Waals surface area contributed by atoms with Gasteiger partial charge in [0.1, 0.15) is 18.2 Å². The van der Waals surface area contributed by atoms with Crippen LogP contribution < -0.4 is 4.74 Å². The largest absolute Gasteiger partial charge is 0.488 e. The smallest absolute Gasteiger partial charge is 0.331 e. The summed E-state index contributed by atoms with van der Waals surface area (Å²) in [6.45, 7) is 1.83. The summed E-state index contributed by atoms with van der Waals surface area (Å²) in [5, 5.41) is 8.92. The topological polar surface area (TPSA) is 46.5 Å². The Morgan fingerprint density at radius 1 is 1.59 bits per heavy atom. The van der Waals surface area contributed by atoms with E-state index in [1.165, 1.54) is 18.2 Å². The van der Waals surface area contributed by atoms with Gasteiger partial charge in [-0.05, 0) is 30.7 Å². The van der Waals surface area contributed by atoms with Crippen LogP contribution in [-0.2, 0) is 4.79 Å². The summed E-state index contributed by atoms with van der Waals surface area (Å²) < 4.78 is 18.0. The molecule has 0 saturated heterocycles. The predicted octanol–water partition coefficient (Wildman–Crippen LogP) is 3.28. The molecule has 0 fully saturated rings. The molecule has 0 radical (unpaired) electrons. The van der Waals surface area contributed by atoms with Crippen molar-refractivity contribution in [2.24, 2.45) is 0 Å². The first kappa shape index (κ1) is 13.5. The minimum Gasteiger partial charge on any atom is -0.488 e. The van der Waals surface area contributed by atoms with E-state index < -0.39 is 11.8 Å². The maximum absolute atomic E-state index is 12.7. The number of benzene rings is 1. The molecular formula is C12H12ClFO3. The van der Waals surface area contributed by atoms with Gasteiger partial charge in [0.25, 0.3) is 0 Å². The number of ether oxygens (including phenoxy) is 1. The van der Waals surface area contributed by atoms with Gasteiger partial charge in [0, 0.05) is 5.57 Å². The molecule has 0 aliphatic carbocycles. The molecule has 1 N–H and O–H groups in total. The van der Waals surface area contributed by atoms with Gasteiger partial charge < -0.3 is 9.84 Å². The van der Waals surface area contributed by atoms with E-state index in [4.69, 9.17) is 21.4 Å².